The molecule has 1 atom stereocenters. The van der Waals surface area contributed by atoms with Gasteiger partial charge in [-0.25, -0.2) is 9.18 Å². The van der Waals surface area contributed by atoms with Gasteiger partial charge in [0.15, 0.2) is 0 Å². The first kappa shape index (κ1) is 9.37. The Kier molecular flexibility index (Phi) is 2.73. The number of rotatable bonds is 3. The maximum atomic E-state index is 12.4. The van der Waals surface area contributed by atoms with Crippen LogP contribution in [0.15, 0.2) is 18.5 Å². The number of hydrogen-bond donors (Lipinski definition) is 1. The second kappa shape index (κ2) is 3.79. The Bertz CT molecular complexity index is 318. The van der Waals surface area contributed by atoms with E-state index < -0.39 is 18.1 Å². The van der Waals surface area contributed by atoms with E-state index in [-0.39, 0.29) is 5.75 Å². The SMILES string of the molecule is O=C(O)C(F)Oc1cncc(F)c1. The normalized spacial score (nSPS) is 12.2. The van der Waals surface area contributed by atoms with Crippen LogP contribution >= 0.6 is 0 Å². The summed E-state index contributed by atoms with van der Waals surface area (Å²) in [6, 6.07) is 0.836. The van der Waals surface area contributed by atoms with Crippen LogP contribution in [0.5, 0.6) is 5.75 Å². The van der Waals surface area contributed by atoms with Gasteiger partial charge in [0.05, 0.1) is 12.4 Å². The van der Waals surface area contributed by atoms with E-state index in [4.69, 9.17) is 5.11 Å². The third-order valence-electron chi connectivity index (χ3n) is 1.11. The van der Waals surface area contributed by atoms with E-state index in [0.717, 1.165) is 18.5 Å². The van der Waals surface area contributed by atoms with Crippen molar-refractivity contribution >= 4 is 5.97 Å². The number of hydrogen-bond acceptors (Lipinski definition) is 3. The van der Waals surface area contributed by atoms with Crippen LogP contribution < -0.4 is 4.74 Å². The lowest BCUT2D eigenvalue weighted by molar-refractivity contribution is -0.153. The Morgan fingerprint density at radius 2 is 2.31 bits per heavy atom. The molecular weight excluding hydrogens is 184 g/mol. The predicted octanol–water partition coefficient (Wildman–Crippen LogP) is 0.980. The molecule has 1 heterocycles. The molecule has 0 saturated heterocycles. The average Bonchev–Trinajstić information content (AvgIpc) is 2.04. The molecule has 0 aliphatic carbocycles. The minimum atomic E-state index is -2.51. The number of alkyl halides is 1. The summed E-state index contributed by atoms with van der Waals surface area (Å²) in [4.78, 5) is 13.3. The molecule has 0 fully saturated rings. The van der Waals surface area contributed by atoms with Crippen LogP contribution in [0.2, 0.25) is 0 Å². The smallest absolute Gasteiger partial charge is 0.378 e. The number of aliphatic carboxylic acids is 1. The summed E-state index contributed by atoms with van der Waals surface area (Å²) in [5.41, 5.74) is 0. The number of nitrogens with zero attached hydrogens (tertiary/aromatic N) is 1. The maximum absolute atomic E-state index is 12.4. The summed E-state index contributed by atoms with van der Waals surface area (Å²) in [5.74, 6) is -2.77. The molecule has 4 nitrogen and oxygen atoms in total. The largest absolute Gasteiger partial charge is 0.476 e. The number of ether oxygens (including phenoxy) is 1. The van der Waals surface area contributed by atoms with Crippen molar-refractivity contribution in [2.75, 3.05) is 0 Å². The van der Waals surface area contributed by atoms with E-state index in [1.165, 1.54) is 0 Å². The van der Waals surface area contributed by atoms with Crippen LogP contribution in [-0.4, -0.2) is 22.4 Å². The fourth-order valence-corrected chi connectivity index (χ4v) is 0.627. The molecule has 0 aliphatic heterocycles. The van der Waals surface area contributed by atoms with Crippen LogP contribution in [0.3, 0.4) is 0 Å². The van der Waals surface area contributed by atoms with Crippen LogP contribution in [0.25, 0.3) is 0 Å². The van der Waals surface area contributed by atoms with E-state index in [2.05, 4.69) is 9.72 Å². The zero-order chi connectivity index (χ0) is 9.84. The minimum absolute atomic E-state index is 0.269. The molecule has 13 heavy (non-hydrogen) atoms. The monoisotopic (exact) mass is 189 g/mol. The molecule has 1 rings (SSSR count). The van der Waals surface area contributed by atoms with E-state index in [1.807, 2.05) is 0 Å². The molecule has 0 bridgehead atoms. The molecular formula is C7H5F2NO3. The van der Waals surface area contributed by atoms with Gasteiger partial charge in [-0.3, -0.25) is 4.98 Å². The van der Waals surface area contributed by atoms with Crippen molar-refractivity contribution in [3.8, 4) is 5.75 Å². The highest BCUT2D eigenvalue weighted by Gasteiger charge is 2.17. The van der Waals surface area contributed by atoms with Crippen molar-refractivity contribution in [1.82, 2.24) is 4.98 Å². The summed E-state index contributed by atoms with van der Waals surface area (Å²) in [6.07, 6.45) is -0.608. The number of aromatic nitrogens is 1. The van der Waals surface area contributed by atoms with Crippen LogP contribution in [0.4, 0.5) is 8.78 Å². The van der Waals surface area contributed by atoms with Crippen LogP contribution in [0.1, 0.15) is 0 Å². The predicted molar refractivity (Wildman–Crippen MR) is 37.4 cm³/mol. The van der Waals surface area contributed by atoms with Crippen molar-refractivity contribution < 1.29 is 23.4 Å². The fraction of sp³-hybridized carbons (Fsp3) is 0.143. The van der Waals surface area contributed by atoms with Gasteiger partial charge in [0, 0.05) is 6.07 Å². The van der Waals surface area contributed by atoms with Gasteiger partial charge < -0.3 is 9.84 Å². The minimum Gasteiger partial charge on any atom is -0.476 e. The number of carbonyl (C=O) groups is 1. The highest BCUT2D eigenvalue weighted by atomic mass is 19.1. The van der Waals surface area contributed by atoms with E-state index in [9.17, 15) is 13.6 Å². The molecule has 1 N–H and O–H groups in total. The maximum Gasteiger partial charge on any atom is 0.378 e. The molecule has 0 saturated carbocycles. The summed E-state index contributed by atoms with van der Waals surface area (Å²) in [7, 11) is 0. The fourth-order valence-electron chi connectivity index (χ4n) is 0.627. The summed E-state index contributed by atoms with van der Waals surface area (Å²) in [5, 5.41) is 8.10. The highest BCUT2D eigenvalue weighted by Crippen LogP contribution is 2.12. The van der Waals surface area contributed by atoms with Crippen LogP contribution in [0, 0.1) is 5.82 Å². The molecule has 0 aliphatic rings. The second-order valence-electron chi connectivity index (χ2n) is 2.11. The molecule has 0 spiro atoms. The summed E-state index contributed by atoms with van der Waals surface area (Å²) < 4.78 is 29.0. The molecule has 1 aromatic heterocycles. The number of pyridine rings is 1. The molecule has 0 amide bonds. The van der Waals surface area contributed by atoms with Gasteiger partial charge in [0.2, 0.25) is 0 Å². The standard InChI is InChI=1S/C7H5F2NO3/c8-4-1-5(3-10-2-4)13-6(9)7(11)12/h1-3,6H,(H,11,12). The van der Waals surface area contributed by atoms with E-state index in [0.29, 0.717) is 0 Å². The Labute approximate surface area is 71.8 Å². The first-order chi connectivity index (χ1) is 6.09. The van der Waals surface area contributed by atoms with Gasteiger partial charge in [-0.2, -0.15) is 4.39 Å². The zero-order valence-electron chi connectivity index (χ0n) is 6.28. The first-order valence-corrected chi connectivity index (χ1v) is 3.23. The van der Waals surface area contributed by atoms with Gasteiger partial charge >= 0.3 is 12.3 Å². The third kappa shape index (κ3) is 2.66. The molecule has 6 heteroatoms. The number of carboxylic acids is 1. The van der Waals surface area contributed by atoms with Gasteiger partial charge in [-0.1, -0.05) is 0 Å². The molecule has 1 unspecified atom stereocenters. The Morgan fingerprint density at radius 1 is 1.62 bits per heavy atom. The van der Waals surface area contributed by atoms with Gasteiger partial charge in [-0.05, 0) is 0 Å². The lowest BCUT2D eigenvalue weighted by Gasteiger charge is -2.05. The lowest BCUT2D eigenvalue weighted by atomic mass is 10.4. The summed E-state index contributed by atoms with van der Waals surface area (Å²) >= 11 is 0. The van der Waals surface area contributed by atoms with Crippen molar-refractivity contribution in [3.05, 3.63) is 24.3 Å². The molecule has 70 valence electrons. The molecule has 1 aromatic rings. The third-order valence-corrected chi connectivity index (χ3v) is 1.11. The van der Waals surface area contributed by atoms with Crippen LogP contribution in [-0.2, 0) is 4.79 Å². The molecule has 0 radical (unpaired) electrons. The Balaban J connectivity index is 2.69. The topological polar surface area (TPSA) is 59.4 Å². The average molecular weight is 189 g/mol. The summed E-state index contributed by atoms with van der Waals surface area (Å²) in [6.45, 7) is 0. The van der Waals surface area contributed by atoms with Crippen molar-refractivity contribution in [1.29, 1.82) is 0 Å². The van der Waals surface area contributed by atoms with Gasteiger partial charge in [0.25, 0.3) is 0 Å². The highest BCUT2D eigenvalue weighted by molar-refractivity contribution is 5.70. The second-order valence-corrected chi connectivity index (χ2v) is 2.11. The van der Waals surface area contributed by atoms with Gasteiger partial charge in [-0.15, -0.1) is 0 Å². The van der Waals surface area contributed by atoms with Crippen molar-refractivity contribution in [2.45, 2.75) is 6.36 Å². The lowest BCUT2D eigenvalue weighted by Crippen LogP contribution is -2.21. The zero-order valence-corrected chi connectivity index (χ0v) is 6.28. The Morgan fingerprint density at radius 3 is 2.85 bits per heavy atom. The molecule has 0 aromatic carbocycles. The Hall–Kier alpha value is -1.72. The quantitative estimate of drug-likeness (QED) is 0.769. The van der Waals surface area contributed by atoms with E-state index in [1.54, 1.807) is 0 Å². The van der Waals surface area contributed by atoms with Crippen molar-refractivity contribution in [3.63, 3.8) is 0 Å². The first-order valence-electron chi connectivity index (χ1n) is 3.23. The van der Waals surface area contributed by atoms with E-state index >= 15 is 0 Å². The number of carboxylic acid groups (broad SMARTS) is 1. The number of halogens is 2. The van der Waals surface area contributed by atoms with Gasteiger partial charge in [0.1, 0.15) is 11.6 Å². The van der Waals surface area contributed by atoms with Crippen molar-refractivity contribution in [2.24, 2.45) is 0 Å².